The van der Waals surface area contributed by atoms with Crippen molar-refractivity contribution in [1.29, 1.82) is 0 Å². The molecule has 0 amide bonds. The van der Waals surface area contributed by atoms with Crippen molar-refractivity contribution >= 4 is 39.6 Å². The number of H-pyrrole nitrogens is 1. The molecule has 1 unspecified atom stereocenters. The topological polar surface area (TPSA) is 111 Å². The zero-order chi connectivity index (χ0) is 20.3. The average molecular weight is 472 g/mol. The lowest BCUT2D eigenvalue weighted by Gasteiger charge is -2.16. The summed E-state index contributed by atoms with van der Waals surface area (Å²) in [6.45, 7) is -0.189. The fourth-order valence-corrected chi connectivity index (χ4v) is 3.18. The normalized spacial score (nSPS) is 21.9. The van der Waals surface area contributed by atoms with E-state index in [0.717, 1.165) is 0 Å². The Hall–Kier alpha value is -2.20. The third-order valence-corrected chi connectivity index (χ3v) is 4.73. The predicted octanol–water partition coefficient (Wildman–Crippen LogP) is 2.06. The standard InChI is InChI=1S/C18H16BrClN2O6/c19-6-5-11-8-22(18(26)21-16(11)24)15-7-13(23)14(28-15)9-27-17(25)10-1-3-12(20)4-2-10/h1-6,8,13-15,23H,7,9H2,(H,21,24,26)/b6-5+/t13?,14-,15-/m0/s1. The van der Waals surface area contributed by atoms with Crippen LogP contribution in [0.2, 0.25) is 5.02 Å². The Morgan fingerprint density at radius 1 is 1.39 bits per heavy atom. The first-order valence-corrected chi connectivity index (χ1v) is 9.57. The van der Waals surface area contributed by atoms with Crippen LogP contribution in [0.4, 0.5) is 0 Å². The van der Waals surface area contributed by atoms with Crippen LogP contribution < -0.4 is 11.2 Å². The molecule has 148 valence electrons. The van der Waals surface area contributed by atoms with E-state index in [-0.39, 0.29) is 18.6 Å². The quantitative estimate of drug-likeness (QED) is 0.646. The van der Waals surface area contributed by atoms with Crippen LogP contribution in [0.25, 0.3) is 6.08 Å². The molecule has 2 aromatic rings. The van der Waals surface area contributed by atoms with Crippen molar-refractivity contribution in [2.45, 2.75) is 24.9 Å². The molecule has 0 saturated carbocycles. The highest BCUT2D eigenvalue weighted by molar-refractivity contribution is 9.11. The number of aliphatic hydroxyl groups is 1. The molecule has 0 spiro atoms. The Labute approximate surface area is 172 Å². The van der Waals surface area contributed by atoms with Gasteiger partial charge in [-0.1, -0.05) is 27.5 Å². The van der Waals surface area contributed by atoms with Crippen LogP contribution >= 0.6 is 27.5 Å². The number of aromatic amines is 1. The Morgan fingerprint density at radius 2 is 2.11 bits per heavy atom. The minimum Gasteiger partial charge on any atom is -0.459 e. The van der Waals surface area contributed by atoms with Gasteiger partial charge in [-0.25, -0.2) is 9.59 Å². The van der Waals surface area contributed by atoms with Crippen LogP contribution in [0.15, 0.2) is 45.0 Å². The molecule has 3 atom stereocenters. The van der Waals surface area contributed by atoms with Gasteiger partial charge in [0.25, 0.3) is 5.56 Å². The summed E-state index contributed by atoms with van der Waals surface area (Å²) < 4.78 is 12.1. The summed E-state index contributed by atoms with van der Waals surface area (Å²) in [5, 5.41) is 10.7. The summed E-state index contributed by atoms with van der Waals surface area (Å²) in [4.78, 5) is 39.6. The second-order valence-corrected chi connectivity index (χ2v) is 7.05. The number of carbonyl (C=O) groups excluding carboxylic acids is 1. The molecular formula is C18H16BrClN2O6. The van der Waals surface area contributed by atoms with E-state index in [1.54, 1.807) is 12.1 Å². The average Bonchev–Trinajstić information content (AvgIpc) is 3.03. The maximum absolute atomic E-state index is 12.1. The molecule has 10 heteroatoms. The number of ether oxygens (including phenoxy) is 2. The Kier molecular flexibility index (Phi) is 6.50. The van der Waals surface area contributed by atoms with E-state index in [2.05, 4.69) is 20.9 Å². The number of hydrogen-bond acceptors (Lipinski definition) is 6. The minimum absolute atomic E-state index is 0.104. The van der Waals surface area contributed by atoms with E-state index in [0.29, 0.717) is 10.6 Å². The van der Waals surface area contributed by atoms with Gasteiger partial charge >= 0.3 is 11.7 Å². The van der Waals surface area contributed by atoms with Crippen molar-refractivity contribution in [3.63, 3.8) is 0 Å². The number of esters is 1. The van der Waals surface area contributed by atoms with Crippen LogP contribution in [-0.2, 0) is 9.47 Å². The highest BCUT2D eigenvalue weighted by atomic mass is 79.9. The predicted molar refractivity (Wildman–Crippen MR) is 106 cm³/mol. The zero-order valence-corrected chi connectivity index (χ0v) is 16.7. The number of nitrogens with zero attached hydrogens (tertiary/aromatic N) is 1. The van der Waals surface area contributed by atoms with Crippen LogP contribution in [0.3, 0.4) is 0 Å². The molecule has 1 saturated heterocycles. The lowest BCUT2D eigenvalue weighted by Crippen LogP contribution is -2.33. The molecule has 3 rings (SSSR count). The van der Waals surface area contributed by atoms with Gasteiger partial charge in [-0.15, -0.1) is 0 Å². The Bertz CT molecular complexity index is 1000. The van der Waals surface area contributed by atoms with Crippen molar-refractivity contribution < 1.29 is 19.4 Å². The number of benzene rings is 1. The van der Waals surface area contributed by atoms with Gasteiger partial charge in [0.05, 0.1) is 17.2 Å². The number of aromatic nitrogens is 2. The molecule has 8 nitrogen and oxygen atoms in total. The molecule has 2 heterocycles. The first kappa shape index (κ1) is 20.5. The van der Waals surface area contributed by atoms with E-state index >= 15 is 0 Å². The van der Waals surface area contributed by atoms with E-state index in [4.69, 9.17) is 21.1 Å². The summed E-state index contributed by atoms with van der Waals surface area (Å²) in [5.41, 5.74) is -0.639. The number of halogens is 2. The van der Waals surface area contributed by atoms with Crippen molar-refractivity contribution in [3.05, 3.63) is 72.4 Å². The van der Waals surface area contributed by atoms with E-state index in [1.807, 2.05) is 0 Å². The summed E-state index contributed by atoms with van der Waals surface area (Å²) >= 11 is 8.86. The SMILES string of the molecule is O=C(OC[C@@H]1O[C@H](n2cc(/C=C/Br)c(=O)[nH]c2=O)CC1O)c1ccc(Cl)cc1. The molecule has 1 aliphatic heterocycles. The maximum Gasteiger partial charge on any atom is 0.338 e. The lowest BCUT2D eigenvalue weighted by atomic mass is 10.2. The molecule has 0 aliphatic carbocycles. The number of aliphatic hydroxyl groups excluding tert-OH is 1. The van der Waals surface area contributed by atoms with E-state index in [9.17, 15) is 19.5 Å². The van der Waals surface area contributed by atoms with Crippen molar-refractivity contribution in [2.75, 3.05) is 6.61 Å². The number of nitrogens with one attached hydrogen (secondary N) is 1. The van der Waals surface area contributed by atoms with Gasteiger partial charge in [0.2, 0.25) is 0 Å². The van der Waals surface area contributed by atoms with Crippen molar-refractivity contribution in [1.82, 2.24) is 9.55 Å². The maximum atomic E-state index is 12.1. The summed E-state index contributed by atoms with van der Waals surface area (Å²) in [6, 6.07) is 6.18. The molecule has 1 aromatic carbocycles. The fourth-order valence-electron chi connectivity index (χ4n) is 2.76. The van der Waals surface area contributed by atoms with Crippen molar-refractivity contribution in [3.8, 4) is 0 Å². The lowest BCUT2D eigenvalue weighted by molar-refractivity contribution is -0.0532. The smallest absolute Gasteiger partial charge is 0.338 e. The first-order chi connectivity index (χ1) is 13.4. The second kappa shape index (κ2) is 8.87. The number of carbonyl (C=O) groups is 1. The van der Waals surface area contributed by atoms with E-state index < -0.39 is 35.7 Å². The van der Waals surface area contributed by atoms with Crippen LogP contribution in [0.5, 0.6) is 0 Å². The Morgan fingerprint density at radius 3 is 2.79 bits per heavy atom. The molecule has 28 heavy (non-hydrogen) atoms. The molecule has 0 bridgehead atoms. The minimum atomic E-state index is -0.947. The van der Waals surface area contributed by atoms with Gasteiger partial charge in [0.15, 0.2) is 0 Å². The molecule has 1 fully saturated rings. The molecule has 1 aliphatic rings. The van der Waals surface area contributed by atoms with Gasteiger partial charge in [0.1, 0.15) is 18.9 Å². The van der Waals surface area contributed by atoms with Crippen LogP contribution in [0, 0.1) is 0 Å². The number of rotatable bonds is 5. The zero-order valence-electron chi connectivity index (χ0n) is 14.4. The highest BCUT2D eigenvalue weighted by Crippen LogP contribution is 2.28. The van der Waals surface area contributed by atoms with Gasteiger partial charge in [0, 0.05) is 17.6 Å². The number of hydrogen-bond donors (Lipinski definition) is 2. The fraction of sp³-hybridized carbons (Fsp3) is 0.278. The van der Waals surface area contributed by atoms with Crippen LogP contribution in [0.1, 0.15) is 28.6 Å². The van der Waals surface area contributed by atoms with Crippen LogP contribution in [-0.4, -0.2) is 39.4 Å². The molecule has 0 radical (unpaired) electrons. The third kappa shape index (κ3) is 4.61. The summed E-state index contributed by atoms with van der Waals surface area (Å²) in [6.07, 6.45) is 0.365. The molecule has 2 N–H and O–H groups in total. The third-order valence-electron chi connectivity index (χ3n) is 4.21. The molecule has 1 aromatic heterocycles. The largest absolute Gasteiger partial charge is 0.459 e. The summed E-state index contributed by atoms with van der Waals surface area (Å²) in [5.74, 6) is -0.582. The summed E-state index contributed by atoms with van der Waals surface area (Å²) in [7, 11) is 0. The van der Waals surface area contributed by atoms with Gasteiger partial charge in [-0.3, -0.25) is 14.3 Å². The van der Waals surface area contributed by atoms with Gasteiger partial charge in [-0.2, -0.15) is 0 Å². The van der Waals surface area contributed by atoms with Gasteiger partial charge in [-0.05, 0) is 35.3 Å². The molecular weight excluding hydrogens is 456 g/mol. The second-order valence-electron chi connectivity index (χ2n) is 6.08. The van der Waals surface area contributed by atoms with E-state index in [1.165, 1.54) is 34.0 Å². The highest BCUT2D eigenvalue weighted by Gasteiger charge is 2.36. The first-order valence-electron chi connectivity index (χ1n) is 8.27. The Balaban J connectivity index is 1.68. The van der Waals surface area contributed by atoms with Gasteiger partial charge < -0.3 is 14.6 Å². The monoisotopic (exact) mass is 470 g/mol. The van der Waals surface area contributed by atoms with Crippen molar-refractivity contribution in [2.24, 2.45) is 0 Å².